The van der Waals surface area contributed by atoms with E-state index in [0.29, 0.717) is 0 Å². The van der Waals surface area contributed by atoms with Crippen LogP contribution in [0.25, 0.3) is 0 Å². The van der Waals surface area contributed by atoms with Crippen molar-refractivity contribution < 1.29 is 13.2 Å². The minimum Gasteiger partial charge on any atom is -0.311 e. The Bertz CT molecular complexity index is 145. The molecule has 1 nitrogen and oxygen atoms in total. The van der Waals surface area contributed by atoms with E-state index in [1.807, 2.05) is 6.92 Å². The van der Waals surface area contributed by atoms with Crippen molar-refractivity contribution in [2.24, 2.45) is 0 Å². The van der Waals surface area contributed by atoms with E-state index in [0.717, 1.165) is 19.3 Å². The molecule has 14 heavy (non-hydrogen) atoms. The Morgan fingerprint density at radius 1 is 1.14 bits per heavy atom. The topological polar surface area (TPSA) is 12.0 Å². The zero-order chi connectivity index (χ0) is 11.2. The van der Waals surface area contributed by atoms with E-state index in [4.69, 9.17) is 0 Å². The van der Waals surface area contributed by atoms with Crippen LogP contribution in [-0.2, 0) is 0 Å². The highest BCUT2D eigenvalue weighted by molar-refractivity contribution is 4.70. The molecule has 0 spiro atoms. The van der Waals surface area contributed by atoms with Gasteiger partial charge in [0.25, 0.3) is 0 Å². The third-order valence-corrected chi connectivity index (χ3v) is 2.10. The molecule has 0 bridgehead atoms. The molecule has 0 fully saturated rings. The van der Waals surface area contributed by atoms with Crippen molar-refractivity contribution in [3.63, 3.8) is 0 Å². The zero-order valence-corrected chi connectivity index (χ0v) is 9.12. The van der Waals surface area contributed by atoms with Gasteiger partial charge >= 0.3 is 6.18 Å². The summed E-state index contributed by atoms with van der Waals surface area (Å²) in [5.74, 6) is 0. The average molecular weight is 211 g/mol. The second-order valence-corrected chi connectivity index (χ2v) is 3.93. The molecule has 0 amide bonds. The fourth-order valence-electron chi connectivity index (χ4n) is 1.49. The Morgan fingerprint density at radius 3 is 2.14 bits per heavy atom. The Balaban J connectivity index is 3.65. The highest BCUT2D eigenvalue weighted by atomic mass is 19.4. The van der Waals surface area contributed by atoms with Crippen molar-refractivity contribution in [1.82, 2.24) is 5.32 Å². The summed E-state index contributed by atoms with van der Waals surface area (Å²) in [4.78, 5) is 0. The van der Waals surface area contributed by atoms with Crippen LogP contribution >= 0.6 is 0 Å². The molecule has 0 saturated heterocycles. The largest absolute Gasteiger partial charge is 0.390 e. The first-order chi connectivity index (χ1) is 6.35. The van der Waals surface area contributed by atoms with Gasteiger partial charge in [-0.2, -0.15) is 13.2 Å². The van der Waals surface area contributed by atoms with Gasteiger partial charge in [0.1, 0.15) is 0 Å². The predicted molar refractivity (Wildman–Crippen MR) is 52.3 cm³/mol. The van der Waals surface area contributed by atoms with Gasteiger partial charge in [-0.25, -0.2) is 0 Å². The van der Waals surface area contributed by atoms with Crippen LogP contribution in [0, 0.1) is 0 Å². The second-order valence-electron chi connectivity index (χ2n) is 3.93. The SMILES string of the molecule is CCCCC(C)NC(C)CC(F)(F)F. The van der Waals surface area contributed by atoms with Gasteiger partial charge in [0.2, 0.25) is 0 Å². The smallest absolute Gasteiger partial charge is 0.311 e. The molecule has 0 aromatic rings. The Hall–Kier alpha value is -0.250. The second kappa shape index (κ2) is 6.27. The molecule has 0 aromatic heterocycles. The first kappa shape index (κ1) is 13.8. The summed E-state index contributed by atoms with van der Waals surface area (Å²) in [5.41, 5.74) is 0. The van der Waals surface area contributed by atoms with E-state index in [9.17, 15) is 13.2 Å². The predicted octanol–water partition coefficient (Wildman–Crippen LogP) is 3.50. The quantitative estimate of drug-likeness (QED) is 0.709. The maximum atomic E-state index is 12.0. The number of halogens is 3. The molecular weight excluding hydrogens is 191 g/mol. The summed E-state index contributed by atoms with van der Waals surface area (Å²) in [6.45, 7) is 5.59. The molecule has 0 heterocycles. The summed E-state index contributed by atoms with van der Waals surface area (Å²) in [6, 6.07) is -0.311. The first-order valence-electron chi connectivity index (χ1n) is 5.18. The van der Waals surface area contributed by atoms with Crippen molar-refractivity contribution in [1.29, 1.82) is 0 Å². The van der Waals surface area contributed by atoms with Crippen LogP contribution in [0.15, 0.2) is 0 Å². The van der Waals surface area contributed by atoms with E-state index >= 15 is 0 Å². The third kappa shape index (κ3) is 8.35. The van der Waals surface area contributed by atoms with Crippen LogP contribution in [0.4, 0.5) is 13.2 Å². The molecule has 0 aliphatic heterocycles. The molecular formula is C10H20F3N. The molecule has 0 aliphatic carbocycles. The molecule has 2 atom stereocenters. The molecule has 0 rings (SSSR count). The van der Waals surface area contributed by atoms with E-state index < -0.39 is 18.6 Å². The van der Waals surface area contributed by atoms with Gasteiger partial charge in [-0.05, 0) is 20.3 Å². The van der Waals surface area contributed by atoms with Crippen molar-refractivity contribution in [2.75, 3.05) is 0 Å². The van der Waals surface area contributed by atoms with E-state index in [1.165, 1.54) is 0 Å². The normalized spacial score (nSPS) is 16.7. The highest BCUT2D eigenvalue weighted by Gasteiger charge is 2.30. The lowest BCUT2D eigenvalue weighted by Crippen LogP contribution is -2.37. The molecule has 1 N–H and O–H groups in total. The number of nitrogens with one attached hydrogen (secondary N) is 1. The first-order valence-corrected chi connectivity index (χ1v) is 5.18. The minimum atomic E-state index is -4.06. The van der Waals surface area contributed by atoms with E-state index in [2.05, 4.69) is 12.2 Å². The van der Waals surface area contributed by atoms with Gasteiger partial charge in [-0.15, -0.1) is 0 Å². The molecule has 0 aromatic carbocycles. The maximum absolute atomic E-state index is 12.0. The third-order valence-electron chi connectivity index (χ3n) is 2.10. The summed E-state index contributed by atoms with van der Waals surface area (Å²) >= 11 is 0. The van der Waals surface area contributed by atoms with Gasteiger partial charge < -0.3 is 5.32 Å². The zero-order valence-electron chi connectivity index (χ0n) is 9.12. The Labute approximate surface area is 84.1 Å². The number of rotatable bonds is 6. The van der Waals surface area contributed by atoms with Gasteiger partial charge in [0.15, 0.2) is 0 Å². The van der Waals surface area contributed by atoms with Crippen molar-refractivity contribution in [2.45, 2.75) is 64.7 Å². The lowest BCUT2D eigenvalue weighted by molar-refractivity contribution is -0.139. The molecule has 2 unspecified atom stereocenters. The van der Waals surface area contributed by atoms with E-state index in [1.54, 1.807) is 6.92 Å². The fourth-order valence-corrected chi connectivity index (χ4v) is 1.49. The summed E-state index contributed by atoms with van der Waals surface area (Å²) in [6.07, 6.45) is -1.72. The monoisotopic (exact) mass is 211 g/mol. The highest BCUT2D eigenvalue weighted by Crippen LogP contribution is 2.21. The van der Waals surface area contributed by atoms with Crippen LogP contribution < -0.4 is 5.32 Å². The number of unbranched alkanes of at least 4 members (excludes halogenated alkanes) is 1. The number of hydrogen-bond acceptors (Lipinski definition) is 1. The molecule has 4 heteroatoms. The van der Waals surface area contributed by atoms with Crippen molar-refractivity contribution in [3.05, 3.63) is 0 Å². The molecule has 0 saturated carbocycles. The molecule has 0 aliphatic rings. The Kier molecular flexibility index (Phi) is 6.16. The van der Waals surface area contributed by atoms with Gasteiger partial charge in [-0.3, -0.25) is 0 Å². The van der Waals surface area contributed by atoms with Gasteiger partial charge in [0, 0.05) is 12.1 Å². The maximum Gasteiger partial charge on any atom is 0.390 e. The standard InChI is InChI=1S/C10H20F3N/c1-4-5-6-8(2)14-9(3)7-10(11,12)13/h8-9,14H,4-7H2,1-3H3. The van der Waals surface area contributed by atoms with Gasteiger partial charge in [-0.1, -0.05) is 19.8 Å². The Morgan fingerprint density at radius 2 is 1.71 bits per heavy atom. The van der Waals surface area contributed by atoms with Gasteiger partial charge in [0.05, 0.1) is 6.42 Å². The average Bonchev–Trinajstić information content (AvgIpc) is 1.96. The fraction of sp³-hybridized carbons (Fsp3) is 1.00. The van der Waals surface area contributed by atoms with Crippen molar-refractivity contribution >= 4 is 0 Å². The number of hydrogen-bond donors (Lipinski definition) is 1. The lowest BCUT2D eigenvalue weighted by Gasteiger charge is -2.20. The van der Waals surface area contributed by atoms with Crippen LogP contribution in [0.2, 0.25) is 0 Å². The van der Waals surface area contributed by atoms with Crippen molar-refractivity contribution in [3.8, 4) is 0 Å². The van der Waals surface area contributed by atoms with Crippen LogP contribution in [0.5, 0.6) is 0 Å². The van der Waals surface area contributed by atoms with Crippen LogP contribution in [-0.4, -0.2) is 18.3 Å². The molecule has 0 radical (unpaired) electrons. The number of alkyl halides is 3. The van der Waals surface area contributed by atoms with Crippen LogP contribution in [0.1, 0.15) is 46.5 Å². The minimum absolute atomic E-state index is 0.173. The molecule has 86 valence electrons. The van der Waals surface area contributed by atoms with Crippen LogP contribution in [0.3, 0.4) is 0 Å². The lowest BCUT2D eigenvalue weighted by atomic mass is 10.1. The van der Waals surface area contributed by atoms with E-state index in [-0.39, 0.29) is 6.04 Å². The summed E-state index contributed by atoms with van der Waals surface area (Å²) < 4.78 is 35.9. The summed E-state index contributed by atoms with van der Waals surface area (Å²) in [5, 5.41) is 2.95. The summed E-state index contributed by atoms with van der Waals surface area (Å²) in [7, 11) is 0.